The Balaban J connectivity index is 1.74. The van der Waals surface area contributed by atoms with Gasteiger partial charge in [0.15, 0.2) is 0 Å². The van der Waals surface area contributed by atoms with Gasteiger partial charge in [-0.05, 0) is 56.1 Å². The van der Waals surface area contributed by atoms with Crippen molar-refractivity contribution >= 4 is 11.8 Å². The van der Waals surface area contributed by atoms with Crippen molar-refractivity contribution in [2.45, 2.75) is 17.9 Å². The number of benzene rings is 1. The first-order valence-electron chi connectivity index (χ1n) is 6.82. The van der Waals surface area contributed by atoms with Gasteiger partial charge in [-0.3, -0.25) is 9.88 Å². The van der Waals surface area contributed by atoms with Crippen molar-refractivity contribution in [2.75, 3.05) is 19.3 Å². The molecule has 0 spiro atoms. The lowest BCUT2D eigenvalue weighted by molar-refractivity contribution is 0.171. The highest BCUT2D eigenvalue weighted by Crippen LogP contribution is 2.28. The third kappa shape index (κ3) is 3.14. The Labute approximate surface area is 124 Å². The van der Waals surface area contributed by atoms with Crippen molar-refractivity contribution in [3.05, 3.63) is 48.3 Å². The molecule has 0 bridgehead atoms. The zero-order valence-electron chi connectivity index (χ0n) is 11.6. The molecule has 104 valence electrons. The first-order valence-corrected chi connectivity index (χ1v) is 8.05. The highest BCUT2D eigenvalue weighted by atomic mass is 32.2. The molecule has 3 rings (SSSR count). The number of rotatable bonds is 5. The monoisotopic (exact) mass is 286 g/mol. The van der Waals surface area contributed by atoms with Crippen molar-refractivity contribution in [3.8, 4) is 11.5 Å². The Morgan fingerprint density at radius 1 is 1.20 bits per heavy atom. The van der Waals surface area contributed by atoms with Crippen LogP contribution in [0.15, 0.2) is 47.6 Å². The average molecular weight is 286 g/mol. The largest absolute Gasteiger partial charge is 0.457 e. The lowest BCUT2D eigenvalue weighted by Gasteiger charge is -2.30. The maximum atomic E-state index is 6.00. The summed E-state index contributed by atoms with van der Waals surface area (Å²) in [7, 11) is 0. The van der Waals surface area contributed by atoms with Gasteiger partial charge in [-0.15, -0.1) is 11.8 Å². The predicted octanol–water partition coefficient (Wildman–Crippen LogP) is 3.80. The maximum Gasteiger partial charge on any atom is 0.135 e. The standard InChI is InChI=1S/C16H18N2OS/c1-20-15-5-3-14(4-6-15)19-16-7-8-17-11-13(16)12-18-9-2-10-18/h3-8,11H,2,9-10,12H2,1H3. The van der Waals surface area contributed by atoms with Gasteiger partial charge in [0.05, 0.1) is 0 Å². The van der Waals surface area contributed by atoms with Crippen LogP contribution in [0.1, 0.15) is 12.0 Å². The van der Waals surface area contributed by atoms with Crippen LogP contribution in [0.3, 0.4) is 0 Å². The summed E-state index contributed by atoms with van der Waals surface area (Å²) in [5.41, 5.74) is 1.15. The summed E-state index contributed by atoms with van der Waals surface area (Å²) in [4.78, 5) is 7.86. The van der Waals surface area contributed by atoms with E-state index in [9.17, 15) is 0 Å². The number of nitrogens with zero attached hydrogens (tertiary/aromatic N) is 2. The van der Waals surface area contributed by atoms with Crippen LogP contribution in [0, 0.1) is 0 Å². The summed E-state index contributed by atoms with van der Waals surface area (Å²) >= 11 is 1.73. The molecule has 1 aliphatic heterocycles. The van der Waals surface area contributed by atoms with Crippen LogP contribution >= 0.6 is 11.8 Å². The van der Waals surface area contributed by atoms with E-state index < -0.39 is 0 Å². The lowest BCUT2D eigenvalue weighted by atomic mass is 10.1. The van der Waals surface area contributed by atoms with Gasteiger partial charge in [0.1, 0.15) is 11.5 Å². The second kappa shape index (κ2) is 6.29. The van der Waals surface area contributed by atoms with Crippen molar-refractivity contribution < 1.29 is 4.74 Å². The van der Waals surface area contributed by atoms with Gasteiger partial charge in [0, 0.05) is 29.4 Å². The predicted molar refractivity (Wildman–Crippen MR) is 82.4 cm³/mol. The molecule has 0 radical (unpaired) electrons. The fourth-order valence-electron chi connectivity index (χ4n) is 2.18. The van der Waals surface area contributed by atoms with Gasteiger partial charge in [0.2, 0.25) is 0 Å². The van der Waals surface area contributed by atoms with Crippen LogP contribution in [0.2, 0.25) is 0 Å². The minimum atomic E-state index is 0.874. The van der Waals surface area contributed by atoms with Gasteiger partial charge in [-0.1, -0.05) is 0 Å². The Morgan fingerprint density at radius 3 is 2.65 bits per heavy atom. The van der Waals surface area contributed by atoms with E-state index >= 15 is 0 Å². The molecule has 0 atom stereocenters. The summed E-state index contributed by atoms with van der Waals surface area (Å²) in [6.07, 6.45) is 7.06. The first-order chi connectivity index (χ1) is 9.85. The molecule has 1 aromatic carbocycles. The second-order valence-electron chi connectivity index (χ2n) is 4.89. The third-order valence-electron chi connectivity index (χ3n) is 3.49. The first kappa shape index (κ1) is 13.5. The molecule has 0 unspecified atom stereocenters. The molecule has 1 aliphatic rings. The Morgan fingerprint density at radius 2 is 2.00 bits per heavy atom. The normalized spacial score (nSPS) is 14.8. The molecule has 20 heavy (non-hydrogen) atoms. The van der Waals surface area contributed by atoms with E-state index in [2.05, 4.69) is 28.3 Å². The van der Waals surface area contributed by atoms with Crippen LogP contribution in [-0.4, -0.2) is 29.2 Å². The summed E-state index contributed by atoms with van der Waals surface area (Å²) < 4.78 is 6.00. The van der Waals surface area contributed by atoms with Gasteiger partial charge >= 0.3 is 0 Å². The van der Waals surface area contributed by atoms with Gasteiger partial charge in [0.25, 0.3) is 0 Å². The molecular formula is C16H18N2OS. The maximum absolute atomic E-state index is 6.00. The molecule has 2 aromatic rings. The van der Waals surface area contributed by atoms with E-state index in [1.807, 2.05) is 24.4 Å². The van der Waals surface area contributed by atoms with Crippen molar-refractivity contribution in [3.63, 3.8) is 0 Å². The van der Waals surface area contributed by atoms with Gasteiger partial charge in [-0.2, -0.15) is 0 Å². The second-order valence-corrected chi connectivity index (χ2v) is 5.77. The number of ether oxygens (including phenoxy) is 1. The van der Waals surface area contributed by atoms with Gasteiger partial charge < -0.3 is 4.74 Å². The molecular weight excluding hydrogens is 268 g/mol. The Bertz CT molecular complexity index is 567. The number of thioether (sulfide) groups is 1. The zero-order valence-corrected chi connectivity index (χ0v) is 12.4. The van der Waals surface area contributed by atoms with Crippen LogP contribution in [0.5, 0.6) is 11.5 Å². The average Bonchev–Trinajstić information content (AvgIpc) is 2.45. The van der Waals surface area contributed by atoms with Gasteiger partial charge in [-0.25, -0.2) is 0 Å². The van der Waals surface area contributed by atoms with Crippen molar-refractivity contribution in [1.82, 2.24) is 9.88 Å². The molecule has 1 aromatic heterocycles. The molecule has 0 amide bonds. The molecule has 0 aliphatic carbocycles. The SMILES string of the molecule is CSc1ccc(Oc2ccncc2CN2CCC2)cc1. The third-order valence-corrected chi connectivity index (χ3v) is 4.23. The fourth-order valence-corrected chi connectivity index (χ4v) is 2.59. The van der Waals surface area contributed by atoms with E-state index in [4.69, 9.17) is 4.74 Å². The number of likely N-dealkylation sites (tertiary alicyclic amines) is 1. The van der Waals surface area contributed by atoms with E-state index in [-0.39, 0.29) is 0 Å². The number of hydrogen-bond acceptors (Lipinski definition) is 4. The van der Waals surface area contributed by atoms with Crippen molar-refractivity contribution in [2.24, 2.45) is 0 Å². The molecule has 1 fully saturated rings. The quantitative estimate of drug-likeness (QED) is 0.781. The highest BCUT2D eigenvalue weighted by Gasteiger charge is 2.16. The Kier molecular flexibility index (Phi) is 4.23. The molecule has 0 saturated carbocycles. The molecule has 4 heteroatoms. The van der Waals surface area contributed by atoms with Crippen LogP contribution in [0.4, 0.5) is 0 Å². The molecule has 3 nitrogen and oxygen atoms in total. The smallest absolute Gasteiger partial charge is 0.135 e. The minimum absolute atomic E-state index is 0.874. The summed E-state index contributed by atoms with van der Waals surface area (Å²) in [6, 6.07) is 10.1. The number of hydrogen-bond donors (Lipinski definition) is 0. The highest BCUT2D eigenvalue weighted by molar-refractivity contribution is 7.98. The summed E-state index contributed by atoms with van der Waals surface area (Å²) in [5.74, 6) is 1.78. The molecule has 1 saturated heterocycles. The fraction of sp³-hybridized carbons (Fsp3) is 0.312. The van der Waals surface area contributed by atoms with Crippen LogP contribution < -0.4 is 4.74 Å². The number of pyridine rings is 1. The zero-order chi connectivity index (χ0) is 13.8. The summed E-state index contributed by atoms with van der Waals surface area (Å²) in [6.45, 7) is 3.28. The summed E-state index contributed by atoms with van der Waals surface area (Å²) in [5, 5.41) is 0. The minimum Gasteiger partial charge on any atom is -0.457 e. The topological polar surface area (TPSA) is 25.4 Å². The van der Waals surface area contributed by atoms with E-state index in [1.165, 1.54) is 24.4 Å². The van der Waals surface area contributed by atoms with E-state index in [0.717, 1.165) is 23.6 Å². The van der Waals surface area contributed by atoms with E-state index in [0.29, 0.717) is 0 Å². The van der Waals surface area contributed by atoms with E-state index in [1.54, 1.807) is 18.0 Å². The lowest BCUT2D eigenvalue weighted by Crippen LogP contribution is -2.36. The molecule has 2 heterocycles. The number of aromatic nitrogens is 1. The molecule has 0 N–H and O–H groups in total. The van der Waals surface area contributed by atoms with Crippen molar-refractivity contribution in [1.29, 1.82) is 0 Å². The Hall–Kier alpha value is -1.52. The van der Waals surface area contributed by atoms with Crippen LogP contribution in [0.25, 0.3) is 0 Å². The van der Waals surface area contributed by atoms with Crippen LogP contribution in [-0.2, 0) is 6.54 Å².